The van der Waals surface area contributed by atoms with Crippen molar-refractivity contribution in [2.75, 3.05) is 77.0 Å². The molecule has 0 aromatic rings. The van der Waals surface area contributed by atoms with E-state index in [4.69, 9.17) is 33.1 Å². The van der Waals surface area contributed by atoms with Gasteiger partial charge in [0.15, 0.2) is 0 Å². The van der Waals surface area contributed by atoms with Gasteiger partial charge in [-0.05, 0) is 90.6 Å². The third kappa shape index (κ3) is 30.3. The van der Waals surface area contributed by atoms with Crippen molar-refractivity contribution >= 4 is 69.0 Å². The van der Waals surface area contributed by atoms with Gasteiger partial charge in [0.25, 0.3) is 0 Å². The van der Waals surface area contributed by atoms with Gasteiger partial charge >= 0.3 is 11.9 Å². The van der Waals surface area contributed by atoms with E-state index in [1.165, 1.54) is 0 Å². The number of aliphatic carboxylic acids is 2. The van der Waals surface area contributed by atoms with Crippen LogP contribution in [0.25, 0.3) is 0 Å². The van der Waals surface area contributed by atoms with Crippen LogP contribution in [0.2, 0.25) is 0 Å². The lowest BCUT2D eigenvalue weighted by Gasteiger charge is -2.20. The monoisotopic (exact) mass is 866 g/mol. The van der Waals surface area contributed by atoms with Crippen LogP contribution in [0, 0.1) is 0 Å². The van der Waals surface area contributed by atoms with Gasteiger partial charge in [0.1, 0.15) is 24.2 Å². The molecule has 0 radical (unpaired) electrons. The Kier molecular flexibility index (Phi) is 32.9. The number of nitrogens with one attached hydrogen (secondary N) is 8. The van der Waals surface area contributed by atoms with Crippen LogP contribution in [0.5, 0.6) is 0 Å². The van der Waals surface area contributed by atoms with E-state index in [9.17, 15) is 38.4 Å². The van der Waals surface area contributed by atoms with Crippen LogP contribution in [-0.4, -0.2) is 159 Å². The highest BCUT2D eigenvalue weighted by atomic mass is 33.1. The Morgan fingerprint density at radius 2 is 0.845 bits per heavy atom. The quantitative estimate of drug-likeness (QED) is 0.0207. The third-order valence-corrected chi connectivity index (χ3v) is 10.4. The summed E-state index contributed by atoms with van der Waals surface area (Å²) in [5, 5.41) is 39.9. The highest BCUT2D eigenvalue weighted by Crippen LogP contribution is 2.23. The molecule has 6 amide bonds. The lowest BCUT2D eigenvalue weighted by Crippen LogP contribution is -2.51. The molecule has 4 atom stereocenters. The maximum Gasteiger partial charge on any atom is 0.320 e. The Hall–Kier alpha value is -3.78. The minimum atomic E-state index is -1.30. The fraction of sp³-hybridized carbons (Fsp3) is 0.765. The van der Waals surface area contributed by atoms with E-state index >= 15 is 0 Å². The molecule has 24 heteroatoms. The minimum absolute atomic E-state index is 0.0787. The van der Waals surface area contributed by atoms with Crippen LogP contribution in [0.15, 0.2) is 0 Å². The van der Waals surface area contributed by atoms with Crippen LogP contribution >= 0.6 is 21.6 Å². The molecule has 0 fully saturated rings. The van der Waals surface area contributed by atoms with Crippen molar-refractivity contribution in [2.45, 2.75) is 88.4 Å². The average Bonchev–Trinajstić information content (AvgIpc) is 3.19. The fourth-order valence-corrected chi connectivity index (χ4v) is 6.91. The normalized spacial score (nSPS) is 13.0. The van der Waals surface area contributed by atoms with E-state index in [1.807, 2.05) is 0 Å². The lowest BCUT2D eigenvalue weighted by molar-refractivity contribution is -0.140. The molecule has 0 aromatic heterocycles. The molecule has 22 nitrogen and oxygen atoms in total. The lowest BCUT2D eigenvalue weighted by atomic mass is 10.1. The highest BCUT2D eigenvalue weighted by Gasteiger charge is 2.26. The maximum atomic E-state index is 13.1. The predicted molar refractivity (Wildman–Crippen MR) is 222 cm³/mol. The van der Waals surface area contributed by atoms with Gasteiger partial charge in [-0.25, -0.2) is 0 Å². The Bertz CT molecular complexity index is 1160. The summed E-state index contributed by atoms with van der Waals surface area (Å²) in [6, 6.07) is -4.98. The number of carboxylic acids is 2. The smallest absolute Gasteiger partial charge is 0.320 e. The summed E-state index contributed by atoms with van der Waals surface area (Å²) >= 11 is 0. The molecule has 0 heterocycles. The zero-order valence-electron chi connectivity index (χ0n) is 33.2. The molecule has 0 aromatic carbocycles. The average molecular weight is 867 g/mol. The second-order valence-electron chi connectivity index (χ2n) is 13.1. The van der Waals surface area contributed by atoms with E-state index in [1.54, 1.807) is 0 Å². The van der Waals surface area contributed by atoms with Crippen molar-refractivity contribution in [3.05, 3.63) is 0 Å². The Morgan fingerprint density at radius 3 is 1.19 bits per heavy atom. The molecule has 0 aliphatic rings. The zero-order chi connectivity index (χ0) is 43.6. The van der Waals surface area contributed by atoms with Gasteiger partial charge in [0, 0.05) is 37.4 Å². The first-order valence-electron chi connectivity index (χ1n) is 19.4. The summed E-state index contributed by atoms with van der Waals surface area (Å²) in [5.74, 6) is -6.38. The van der Waals surface area contributed by atoms with Gasteiger partial charge in [-0.3, -0.25) is 38.4 Å². The number of carbonyl (C=O) groups is 8. The number of nitrogens with two attached hydrogens (primary N) is 4. The SMILES string of the molecule is NCCCCNCCCNC(=O)CNC(=O)[C@H](CSSC[C@H](NC(=O)CC[C@H](N)C(=O)O)C(=O)NCC(=O)NCCCNCCCCN)NC(=O)CC[C@H](N)C(=O)O. The van der Waals surface area contributed by atoms with Crippen molar-refractivity contribution < 1.29 is 48.6 Å². The topological polar surface area (TPSA) is 377 Å². The maximum absolute atomic E-state index is 13.1. The molecule has 334 valence electrons. The zero-order valence-corrected chi connectivity index (χ0v) is 34.8. The van der Waals surface area contributed by atoms with Crippen molar-refractivity contribution in [3.63, 3.8) is 0 Å². The second kappa shape index (κ2) is 35.2. The summed E-state index contributed by atoms with van der Waals surface area (Å²) in [6.07, 6.45) is 4.06. The van der Waals surface area contributed by atoms with Gasteiger partial charge < -0.3 is 75.7 Å². The van der Waals surface area contributed by atoms with Gasteiger partial charge in [-0.2, -0.15) is 0 Å². The molecular formula is C34H66N12O10S2. The summed E-state index contributed by atoms with van der Waals surface area (Å²) in [4.78, 5) is 98.4. The molecule has 0 saturated heterocycles. The third-order valence-electron chi connectivity index (χ3n) is 8.02. The van der Waals surface area contributed by atoms with Crippen LogP contribution in [-0.2, 0) is 38.4 Å². The van der Waals surface area contributed by atoms with Gasteiger partial charge in [0.05, 0.1) is 13.1 Å². The first-order chi connectivity index (χ1) is 27.7. The number of hydrogen-bond acceptors (Lipinski definition) is 16. The molecule has 0 spiro atoms. The Labute approximate surface area is 347 Å². The second-order valence-corrected chi connectivity index (χ2v) is 15.7. The molecule has 0 bridgehead atoms. The number of carbonyl (C=O) groups excluding carboxylic acids is 6. The summed E-state index contributed by atoms with van der Waals surface area (Å²) in [6.45, 7) is 4.21. The molecule has 0 saturated carbocycles. The minimum Gasteiger partial charge on any atom is -0.480 e. The number of rotatable bonds is 37. The summed E-state index contributed by atoms with van der Waals surface area (Å²) < 4.78 is 0. The standard InChI is InChI=1S/C34H66N12O10S2/c35-11-1-3-13-39-15-5-17-41-29(49)19-43-31(51)25(45-27(47)9-7-23(37)33(53)54)21-57-58-22-26(46-28(48)10-8-24(38)34(55)56)32(52)44-20-30(50)42-18-6-16-40-14-4-2-12-36/h23-26,39-40H,1-22,35-38H2,(H,41,49)(H,42,50)(H,43,51)(H,44,52)(H,45,47)(H,46,48)(H,53,54)(H,55,56)/t23-,24-,25-,26-/m0/s1. The van der Waals surface area contributed by atoms with Crippen molar-refractivity contribution in [2.24, 2.45) is 22.9 Å². The van der Waals surface area contributed by atoms with E-state index in [0.717, 1.165) is 60.4 Å². The number of amides is 6. The van der Waals surface area contributed by atoms with Gasteiger partial charge in [-0.1, -0.05) is 21.6 Å². The Morgan fingerprint density at radius 1 is 0.483 bits per heavy atom. The summed E-state index contributed by atoms with van der Waals surface area (Å²) in [5.41, 5.74) is 21.9. The van der Waals surface area contributed by atoms with Gasteiger partial charge in [0.2, 0.25) is 35.4 Å². The number of carboxylic acid groups (broad SMARTS) is 2. The molecular weight excluding hydrogens is 801 g/mol. The van der Waals surface area contributed by atoms with E-state index < -0.39 is 71.5 Å². The molecule has 0 aliphatic heterocycles. The number of hydrogen-bond donors (Lipinski definition) is 14. The van der Waals surface area contributed by atoms with E-state index in [2.05, 4.69) is 42.5 Å². The number of unbranched alkanes of at least 4 members (excludes halogenated alkanes) is 2. The van der Waals surface area contributed by atoms with Crippen molar-refractivity contribution in [1.29, 1.82) is 0 Å². The molecule has 0 unspecified atom stereocenters. The van der Waals surface area contributed by atoms with Crippen molar-refractivity contribution in [3.8, 4) is 0 Å². The van der Waals surface area contributed by atoms with E-state index in [0.29, 0.717) is 52.1 Å². The van der Waals surface area contributed by atoms with Crippen LogP contribution in [0.3, 0.4) is 0 Å². The first-order valence-corrected chi connectivity index (χ1v) is 21.9. The van der Waals surface area contributed by atoms with Crippen LogP contribution in [0.1, 0.15) is 64.2 Å². The highest BCUT2D eigenvalue weighted by molar-refractivity contribution is 8.76. The molecule has 0 aliphatic carbocycles. The van der Waals surface area contributed by atoms with Gasteiger partial charge in [-0.15, -0.1) is 0 Å². The van der Waals surface area contributed by atoms with Crippen LogP contribution in [0.4, 0.5) is 0 Å². The summed E-state index contributed by atoms with van der Waals surface area (Å²) in [7, 11) is 2.10. The van der Waals surface area contributed by atoms with E-state index in [-0.39, 0.29) is 50.3 Å². The molecule has 18 N–H and O–H groups in total. The predicted octanol–water partition coefficient (Wildman–Crippen LogP) is -4.38. The van der Waals surface area contributed by atoms with Crippen LogP contribution < -0.4 is 65.5 Å². The Balaban J connectivity index is 5.32. The first kappa shape index (κ1) is 54.2. The van der Waals surface area contributed by atoms with Crippen molar-refractivity contribution in [1.82, 2.24) is 42.5 Å². The molecule has 0 rings (SSSR count). The fourth-order valence-electron chi connectivity index (χ4n) is 4.58. The largest absolute Gasteiger partial charge is 0.480 e. The molecule has 58 heavy (non-hydrogen) atoms.